The van der Waals surface area contributed by atoms with E-state index in [2.05, 4.69) is 10.3 Å². The Morgan fingerprint density at radius 1 is 1.31 bits per heavy atom. The summed E-state index contributed by atoms with van der Waals surface area (Å²) in [5.41, 5.74) is 6.84. The van der Waals surface area contributed by atoms with Gasteiger partial charge in [0.25, 0.3) is 11.5 Å². The summed E-state index contributed by atoms with van der Waals surface area (Å²) in [4.78, 5) is 38.3. The lowest BCUT2D eigenvalue weighted by Crippen LogP contribution is -2.34. The molecule has 136 valence electrons. The number of aromatic nitrogens is 1. The van der Waals surface area contributed by atoms with Crippen molar-refractivity contribution in [3.8, 4) is 5.75 Å². The molecule has 1 aromatic heterocycles. The van der Waals surface area contributed by atoms with Crippen LogP contribution >= 0.6 is 0 Å². The van der Waals surface area contributed by atoms with Gasteiger partial charge in [0.15, 0.2) is 0 Å². The summed E-state index contributed by atoms with van der Waals surface area (Å²) in [6.45, 7) is 0. The molecule has 1 aromatic carbocycles. The van der Waals surface area contributed by atoms with Crippen molar-refractivity contribution in [2.24, 2.45) is 5.73 Å². The van der Waals surface area contributed by atoms with E-state index < -0.39 is 11.5 Å². The normalized spacial score (nSPS) is 15.9. The molecule has 5 N–H and O–H groups in total. The number of nitrogens with one attached hydrogen (secondary N) is 2. The molecule has 1 aliphatic carbocycles. The van der Waals surface area contributed by atoms with Crippen molar-refractivity contribution < 1.29 is 14.7 Å². The molecule has 0 aliphatic heterocycles. The number of aromatic amines is 1. The number of phenolic OH excluding ortho intramolecular Hbond substituents is 1. The smallest absolute Gasteiger partial charge is 0.261 e. The van der Waals surface area contributed by atoms with Crippen molar-refractivity contribution in [2.45, 2.75) is 38.1 Å². The topological polar surface area (TPSA) is 125 Å². The fraction of sp³-hybridized carbons (Fsp3) is 0.316. The SMILES string of the molecule is NC(=O)c1cc2c([nH]c1=O)CCCC2NC(=O)CCc1ccccc1O. The zero-order valence-corrected chi connectivity index (χ0v) is 14.2. The summed E-state index contributed by atoms with van der Waals surface area (Å²) in [5, 5.41) is 12.7. The lowest BCUT2D eigenvalue weighted by atomic mass is 9.90. The number of nitrogens with two attached hydrogens (primary N) is 1. The second kappa shape index (κ2) is 7.43. The number of primary amides is 1. The molecule has 7 nitrogen and oxygen atoms in total. The molecule has 2 aromatic rings. The Bertz CT molecular complexity index is 904. The minimum Gasteiger partial charge on any atom is -0.508 e. The van der Waals surface area contributed by atoms with Crippen LogP contribution in [0.15, 0.2) is 35.1 Å². The number of hydrogen-bond acceptors (Lipinski definition) is 4. The number of para-hydroxylation sites is 1. The van der Waals surface area contributed by atoms with Crippen LogP contribution in [0.5, 0.6) is 5.75 Å². The Morgan fingerprint density at radius 3 is 2.81 bits per heavy atom. The third kappa shape index (κ3) is 3.77. The first-order chi connectivity index (χ1) is 12.5. The van der Waals surface area contributed by atoms with E-state index in [1.54, 1.807) is 18.2 Å². The molecule has 3 rings (SSSR count). The van der Waals surface area contributed by atoms with Crippen LogP contribution in [0, 0.1) is 0 Å². The maximum atomic E-state index is 12.3. The van der Waals surface area contributed by atoms with E-state index in [9.17, 15) is 19.5 Å². The maximum Gasteiger partial charge on any atom is 0.261 e. The highest BCUT2D eigenvalue weighted by molar-refractivity contribution is 5.92. The van der Waals surface area contributed by atoms with Gasteiger partial charge in [-0.25, -0.2) is 0 Å². The molecule has 0 spiro atoms. The summed E-state index contributed by atoms with van der Waals surface area (Å²) in [6.07, 6.45) is 2.89. The number of benzene rings is 1. The highest BCUT2D eigenvalue weighted by Crippen LogP contribution is 2.28. The molecule has 0 fully saturated rings. The predicted octanol–water partition coefficient (Wildman–Crippen LogP) is 1.31. The van der Waals surface area contributed by atoms with Gasteiger partial charge in [0.05, 0.1) is 6.04 Å². The number of rotatable bonds is 5. The van der Waals surface area contributed by atoms with Gasteiger partial charge in [-0.3, -0.25) is 14.4 Å². The summed E-state index contributed by atoms with van der Waals surface area (Å²) in [6, 6.07) is 8.13. The van der Waals surface area contributed by atoms with Crippen LogP contribution in [0.1, 0.15) is 52.5 Å². The zero-order chi connectivity index (χ0) is 18.7. The van der Waals surface area contributed by atoms with Gasteiger partial charge in [0.2, 0.25) is 5.91 Å². The Hall–Kier alpha value is -3.09. The molecular weight excluding hydrogens is 334 g/mol. The Kier molecular flexibility index (Phi) is 5.06. The summed E-state index contributed by atoms with van der Waals surface area (Å²) in [5.74, 6) is -0.769. The molecule has 0 saturated heterocycles. The second-order valence-corrected chi connectivity index (χ2v) is 6.45. The van der Waals surface area contributed by atoms with Crippen molar-refractivity contribution in [2.75, 3.05) is 0 Å². The number of aromatic hydroxyl groups is 1. The van der Waals surface area contributed by atoms with Gasteiger partial charge < -0.3 is 21.1 Å². The minimum absolute atomic E-state index is 0.0980. The van der Waals surface area contributed by atoms with Crippen molar-refractivity contribution in [1.82, 2.24) is 10.3 Å². The number of aryl methyl sites for hydroxylation is 2. The van der Waals surface area contributed by atoms with Crippen molar-refractivity contribution >= 4 is 11.8 Å². The lowest BCUT2D eigenvalue weighted by molar-refractivity contribution is -0.121. The fourth-order valence-corrected chi connectivity index (χ4v) is 3.31. The molecule has 1 unspecified atom stereocenters. The van der Waals surface area contributed by atoms with Gasteiger partial charge in [-0.2, -0.15) is 0 Å². The molecule has 2 amide bonds. The molecule has 0 bridgehead atoms. The van der Waals surface area contributed by atoms with Gasteiger partial charge in [0.1, 0.15) is 11.3 Å². The van der Waals surface area contributed by atoms with Gasteiger partial charge in [-0.1, -0.05) is 18.2 Å². The molecule has 1 heterocycles. The minimum atomic E-state index is -0.788. The third-order valence-corrected chi connectivity index (χ3v) is 4.67. The highest BCUT2D eigenvalue weighted by atomic mass is 16.3. The largest absolute Gasteiger partial charge is 0.508 e. The number of hydrogen-bond donors (Lipinski definition) is 4. The van der Waals surface area contributed by atoms with Crippen molar-refractivity contribution in [1.29, 1.82) is 0 Å². The average molecular weight is 355 g/mol. The van der Waals surface area contributed by atoms with E-state index >= 15 is 0 Å². The highest BCUT2D eigenvalue weighted by Gasteiger charge is 2.24. The molecule has 0 radical (unpaired) electrons. The summed E-state index contributed by atoms with van der Waals surface area (Å²) in [7, 11) is 0. The number of phenols is 1. The number of carbonyl (C=O) groups excluding carboxylic acids is 2. The monoisotopic (exact) mass is 355 g/mol. The standard InChI is InChI=1S/C19H21N3O4/c20-18(25)13-10-12-14(5-3-6-15(12)22-19(13)26)21-17(24)9-8-11-4-1-2-7-16(11)23/h1-2,4,7,10,14,23H,3,5-6,8-9H2,(H2,20,25)(H,21,24)(H,22,26). The first-order valence-corrected chi connectivity index (χ1v) is 8.58. The maximum absolute atomic E-state index is 12.3. The Balaban J connectivity index is 1.72. The van der Waals surface area contributed by atoms with Crippen LogP contribution < -0.4 is 16.6 Å². The fourth-order valence-electron chi connectivity index (χ4n) is 3.31. The second-order valence-electron chi connectivity index (χ2n) is 6.45. The van der Waals surface area contributed by atoms with Crippen LogP contribution in [0.3, 0.4) is 0 Å². The van der Waals surface area contributed by atoms with Crippen molar-refractivity contribution in [3.05, 3.63) is 63.1 Å². The zero-order valence-electron chi connectivity index (χ0n) is 14.2. The lowest BCUT2D eigenvalue weighted by Gasteiger charge is -2.26. The van der Waals surface area contributed by atoms with Crippen LogP contribution in [0.4, 0.5) is 0 Å². The van der Waals surface area contributed by atoms with Crippen LogP contribution in [-0.4, -0.2) is 21.9 Å². The van der Waals surface area contributed by atoms with E-state index in [4.69, 9.17) is 5.73 Å². The van der Waals surface area contributed by atoms with Crippen LogP contribution in [-0.2, 0) is 17.6 Å². The molecule has 1 atom stereocenters. The third-order valence-electron chi connectivity index (χ3n) is 4.67. The number of pyridine rings is 1. The number of H-pyrrole nitrogens is 1. The number of amides is 2. The van der Waals surface area contributed by atoms with Gasteiger partial charge in [0, 0.05) is 12.1 Å². The Morgan fingerprint density at radius 2 is 2.08 bits per heavy atom. The molecule has 7 heteroatoms. The van der Waals surface area contributed by atoms with Gasteiger partial charge in [-0.15, -0.1) is 0 Å². The molecule has 1 aliphatic rings. The average Bonchev–Trinajstić information content (AvgIpc) is 2.60. The molecule has 26 heavy (non-hydrogen) atoms. The van der Waals surface area contributed by atoms with E-state index in [1.807, 2.05) is 6.07 Å². The predicted molar refractivity (Wildman–Crippen MR) is 95.8 cm³/mol. The van der Waals surface area contributed by atoms with Crippen LogP contribution in [0.2, 0.25) is 0 Å². The van der Waals surface area contributed by atoms with Crippen molar-refractivity contribution in [3.63, 3.8) is 0 Å². The number of fused-ring (bicyclic) bond motifs is 1. The van der Waals surface area contributed by atoms with E-state index in [0.29, 0.717) is 18.4 Å². The molecule has 0 saturated carbocycles. The van der Waals surface area contributed by atoms with E-state index in [0.717, 1.165) is 24.1 Å². The molecular formula is C19H21N3O4. The van der Waals surface area contributed by atoms with Crippen LogP contribution in [0.25, 0.3) is 0 Å². The van der Waals surface area contributed by atoms with E-state index in [-0.39, 0.29) is 29.7 Å². The quantitative estimate of drug-likeness (QED) is 0.645. The summed E-state index contributed by atoms with van der Waals surface area (Å²) < 4.78 is 0. The van der Waals surface area contributed by atoms with E-state index in [1.165, 1.54) is 6.07 Å². The first-order valence-electron chi connectivity index (χ1n) is 8.58. The first kappa shape index (κ1) is 17.7. The Labute approximate surface area is 150 Å². The number of carbonyl (C=O) groups is 2. The summed E-state index contributed by atoms with van der Waals surface area (Å²) >= 11 is 0. The van der Waals surface area contributed by atoms with Gasteiger partial charge >= 0.3 is 0 Å². The van der Waals surface area contributed by atoms with Gasteiger partial charge in [-0.05, 0) is 48.9 Å².